The topological polar surface area (TPSA) is 50.4 Å². The van der Waals surface area contributed by atoms with E-state index < -0.39 is 6.10 Å². The van der Waals surface area contributed by atoms with E-state index in [0.717, 1.165) is 3.58 Å². The van der Waals surface area contributed by atoms with Crippen molar-refractivity contribution < 1.29 is 14.3 Å². The van der Waals surface area contributed by atoms with Gasteiger partial charge in [-0.25, -0.2) is 0 Å². The Kier molecular flexibility index (Phi) is 7.41. The van der Waals surface area contributed by atoms with Crippen LogP contribution in [0.25, 0.3) is 0 Å². The molecular formula is C14H16ClIO3. The van der Waals surface area contributed by atoms with E-state index in [1.165, 1.54) is 18.4 Å². The monoisotopic (exact) mass is 394 g/mol. The van der Waals surface area contributed by atoms with Crippen molar-refractivity contribution in [1.29, 1.82) is 0 Å². The van der Waals surface area contributed by atoms with E-state index in [9.17, 15) is 9.90 Å². The van der Waals surface area contributed by atoms with Crippen molar-refractivity contribution in [1.82, 2.24) is 0 Å². The van der Waals surface area contributed by atoms with Crippen molar-refractivity contribution in [3.8, 4) is 0 Å². The van der Waals surface area contributed by atoms with E-state index >= 15 is 0 Å². The lowest BCUT2D eigenvalue weighted by atomic mass is 10.1. The van der Waals surface area contributed by atoms with Crippen molar-refractivity contribution in [3.05, 3.63) is 46.5 Å². The molecule has 2 unspecified atom stereocenters. The molecule has 2 atom stereocenters. The minimum Gasteiger partial charge on any atom is -0.466 e. The molecule has 0 bridgehead atoms. The van der Waals surface area contributed by atoms with Crippen molar-refractivity contribution in [2.45, 2.75) is 30.7 Å². The number of alkyl halides is 1. The summed E-state index contributed by atoms with van der Waals surface area (Å²) in [5, 5.41) is 9.61. The van der Waals surface area contributed by atoms with E-state index in [1.807, 2.05) is 0 Å². The normalized spacial score (nSPS) is 14.5. The largest absolute Gasteiger partial charge is 0.466 e. The van der Waals surface area contributed by atoms with Gasteiger partial charge in [-0.15, -0.1) is 11.6 Å². The molecule has 5 heteroatoms. The SMILES string of the molecule is C=C(I)CC(Cl)CCC(=O)/C=C/C(O)c1ccco1. The molecule has 1 aromatic heterocycles. The van der Waals surface area contributed by atoms with E-state index in [0.29, 0.717) is 25.0 Å². The van der Waals surface area contributed by atoms with E-state index in [2.05, 4.69) is 29.2 Å². The van der Waals surface area contributed by atoms with Gasteiger partial charge in [-0.2, -0.15) is 0 Å². The summed E-state index contributed by atoms with van der Waals surface area (Å²) in [6, 6.07) is 3.34. The fourth-order valence-corrected chi connectivity index (χ4v) is 2.56. The molecule has 0 radical (unpaired) electrons. The molecule has 1 aromatic rings. The highest BCUT2D eigenvalue weighted by Crippen LogP contribution is 2.19. The molecule has 3 nitrogen and oxygen atoms in total. The second-order valence-corrected chi connectivity index (χ2v) is 6.29. The van der Waals surface area contributed by atoms with Crippen LogP contribution < -0.4 is 0 Å². The van der Waals surface area contributed by atoms with Crippen LogP contribution in [0.2, 0.25) is 0 Å². The van der Waals surface area contributed by atoms with Crippen LogP contribution in [-0.4, -0.2) is 16.3 Å². The Hall–Kier alpha value is -0.590. The molecule has 0 spiro atoms. The van der Waals surface area contributed by atoms with Crippen molar-refractivity contribution >= 4 is 40.0 Å². The number of aliphatic hydroxyl groups excluding tert-OH is 1. The zero-order chi connectivity index (χ0) is 14.3. The standard InChI is InChI=1S/C14H16ClIO3/c1-10(16)9-11(15)4-5-12(17)6-7-13(18)14-3-2-8-19-14/h2-3,6-8,11,13,18H,1,4-5,9H2/b7-6+. The van der Waals surface area contributed by atoms with Crippen LogP contribution in [0.1, 0.15) is 31.1 Å². The number of aliphatic hydroxyl groups is 1. The number of allylic oxidation sites excluding steroid dienone is 2. The molecular weight excluding hydrogens is 379 g/mol. The molecule has 0 aliphatic carbocycles. The summed E-state index contributed by atoms with van der Waals surface area (Å²) in [4.78, 5) is 11.6. The molecule has 1 heterocycles. The molecule has 0 saturated carbocycles. The number of rotatable bonds is 8. The van der Waals surface area contributed by atoms with Crippen molar-refractivity contribution in [2.75, 3.05) is 0 Å². The highest BCUT2D eigenvalue weighted by molar-refractivity contribution is 14.1. The van der Waals surface area contributed by atoms with Crippen molar-refractivity contribution in [2.24, 2.45) is 0 Å². The van der Waals surface area contributed by atoms with Gasteiger partial charge in [0.15, 0.2) is 5.78 Å². The molecule has 0 saturated heterocycles. The lowest BCUT2D eigenvalue weighted by molar-refractivity contribution is -0.114. The van der Waals surface area contributed by atoms with Crippen LogP contribution in [0.15, 0.2) is 45.1 Å². The molecule has 19 heavy (non-hydrogen) atoms. The molecule has 104 valence electrons. The third-order valence-electron chi connectivity index (χ3n) is 2.45. The summed E-state index contributed by atoms with van der Waals surface area (Å²) in [5.74, 6) is 0.357. The number of ketones is 1. The predicted octanol–water partition coefficient (Wildman–Crippen LogP) is 4.16. The maximum Gasteiger partial charge on any atom is 0.155 e. The Balaban J connectivity index is 2.33. The van der Waals surface area contributed by atoms with E-state index in [4.69, 9.17) is 16.0 Å². The molecule has 1 rings (SSSR count). The number of carbonyl (C=O) groups excluding carboxylic acids is 1. The van der Waals surface area contributed by atoms with Crippen molar-refractivity contribution in [3.63, 3.8) is 0 Å². The Bertz CT molecular complexity index is 440. The van der Waals surface area contributed by atoms with Crippen LogP contribution in [0, 0.1) is 0 Å². The van der Waals surface area contributed by atoms with Gasteiger partial charge in [0.25, 0.3) is 0 Å². The number of hydrogen-bond acceptors (Lipinski definition) is 3. The molecule has 0 fully saturated rings. The lowest BCUT2D eigenvalue weighted by Gasteiger charge is -2.06. The Morgan fingerprint density at radius 3 is 2.95 bits per heavy atom. The van der Waals surface area contributed by atoms with Gasteiger partial charge >= 0.3 is 0 Å². The number of furan rings is 1. The van der Waals surface area contributed by atoms with Crippen LogP contribution in [0.5, 0.6) is 0 Å². The molecule has 0 amide bonds. The van der Waals surface area contributed by atoms with Gasteiger partial charge in [-0.05, 0) is 63.3 Å². The van der Waals surface area contributed by atoms with Crippen LogP contribution in [-0.2, 0) is 4.79 Å². The van der Waals surface area contributed by atoms with E-state index in [1.54, 1.807) is 12.1 Å². The van der Waals surface area contributed by atoms with Gasteiger partial charge in [0, 0.05) is 11.8 Å². The number of halogens is 2. The van der Waals surface area contributed by atoms with Gasteiger partial charge in [-0.1, -0.05) is 6.58 Å². The molecule has 1 N–H and O–H groups in total. The summed E-state index contributed by atoms with van der Waals surface area (Å²) in [7, 11) is 0. The Morgan fingerprint density at radius 1 is 1.63 bits per heavy atom. The number of carbonyl (C=O) groups is 1. The molecule has 0 aromatic carbocycles. The minimum absolute atomic E-state index is 0.0599. The first-order valence-electron chi connectivity index (χ1n) is 5.89. The van der Waals surface area contributed by atoms with Crippen LogP contribution in [0.3, 0.4) is 0 Å². The second kappa shape index (κ2) is 8.55. The fourth-order valence-electron chi connectivity index (χ4n) is 1.48. The smallest absolute Gasteiger partial charge is 0.155 e. The highest BCUT2D eigenvalue weighted by atomic mass is 127. The van der Waals surface area contributed by atoms with Gasteiger partial charge in [0.1, 0.15) is 11.9 Å². The molecule has 0 aliphatic heterocycles. The average Bonchev–Trinajstić information content (AvgIpc) is 2.86. The zero-order valence-electron chi connectivity index (χ0n) is 10.4. The third kappa shape index (κ3) is 6.94. The van der Waals surface area contributed by atoms with Crippen LogP contribution in [0.4, 0.5) is 0 Å². The molecule has 0 aliphatic rings. The maximum atomic E-state index is 11.6. The van der Waals surface area contributed by atoms with Gasteiger partial charge in [0.2, 0.25) is 0 Å². The minimum atomic E-state index is -0.889. The van der Waals surface area contributed by atoms with Crippen LogP contribution >= 0.6 is 34.2 Å². The summed E-state index contributed by atoms with van der Waals surface area (Å²) >= 11 is 8.18. The maximum absolute atomic E-state index is 11.6. The third-order valence-corrected chi connectivity index (χ3v) is 3.26. The number of hydrogen-bond donors (Lipinski definition) is 1. The highest BCUT2D eigenvalue weighted by Gasteiger charge is 2.09. The first-order chi connectivity index (χ1) is 8.99. The van der Waals surface area contributed by atoms with Gasteiger partial charge in [0.05, 0.1) is 6.26 Å². The quantitative estimate of drug-likeness (QED) is 0.409. The predicted molar refractivity (Wildman–Crippen MR) is 84.5 cm³/mol. The Morgan fingerprint density at radius 2 is 2.37 bits per heavy atom. The summed E-state index contributed by atoms with van der Waals surface area (Å²) in [6.07, 6.45) is 5.04. The van der Waals surface area contributed by atoms with Gasteiger partial charge in [-0.3, -0.25) is 4.79 Å². The second-order valence-electron chi connectivity index (χ2n) is 4.14. The first kappa shape index (κ1) is 16.5. The summed E-state index contributed by atoms with van der Waals surface area (Å²) in [5.41, 5.74) is 0. The fraction of sp³-hybridized carbons (Fsp3) is 0.357. The van der Waals surface area contributed by atoms with Gasteiger partial charge < -0.3 is 9.52 Å². The lowest BCUT2D eigenvalue weighted by Crippen LogP contribution is -2.03. The average molecular weight is 395 g/mol. The van der Waals surface area contributed by atoms with E-state index in [-0.39, 0.29) is 11.2 Å². The zero-order valence-corrected chi connectivity index (χ0v) is 13.3. The first-order valence-corrected chi connectivity index (χ1v) is 7.40. The summed E-state index contributed by atoms with van der Waals surface area (Å²) < 4.78 is 6.01. The Labute approximate surface area is 131 Å². The summed E-state index contributed by atoms with van der Waals surface area (Å²) in [6.45, 7) is 3.77.